The lowest BCUT2D eigenvalue weighted by Gasteiger charge is -2.38. The summed E-state index contributed by atoms with van der Waals surface area (Å²) in [5.41, 5.74) is 9.29. The molecule has 190 valence electrons. The molecule has 1 heterocycles. The summed E-state index contributed by atoms with van der Waals surface area (Å²) >= 11 is 0. The second kappa shape index (κ2) is 13.0. The molecule has 3 heteroatoms. The summed E-state index contributed by atoms with van der Waals surface area (Å²) in [5.74, 6) is 2.71. The van der Waals surface area contributed by atoms with E-state index in [1.807, 2.05) is 0 Å². The highest BCUT2D eigenvalue weighted by Gasteiger charge is 2.34. The van der Waals surface area contributed by atoms with Crippen LogP contribution in [-0.4, -0.2) is 5.60 Å². The van der Waals surface area contributed by atoms with E-state index in [1.54, 1.807) is 0 Å². The van der Waals surface area contributed by atoms with Crippen LogP contribution in [0.15, 0.2) is 34.9 Å². The van der Waals surface area contributed by atoms with Gasteiger partial charge in [0.25, 0.3) is 0 Å². The minimum Gasteiger partial charge on any atom is -0.487 e. The van der Waals surface area contributed by atoms with E-state index in [-0.39, 0.29) is 5.60 Å². The number of benzene rings is 1. The molecule has 34 heavy (non-hydrogen) atoms. The van der Waals surface area contributed by atoms with Gasteiger partial charge < -0.3 is 9.26 Å². The van der Waals surface area contributed by atoms with Crippen molar-refractivity contribution in [1.29, 1.82) is 0 Å². The molecule has 0 radical (unpaired) electrons. The first-order valence-electron chi connectivity index (χ1n) is 13.2. The van der Waals surface area contributed by atoms with Gasteiger partial charge >= 0.3 is 0 Å². The molecule has 1 aliphatic heterocycles. The van der Waals surface area contributed by atoms with Crippen molar-refractivity contribution in [3.63, 3.8) is 0 Å². The standard InChI is InChI=1S/C31H49O2P/c1-10-27(17-16-22(4)14-11-13-21(2)3)23(5)15-12-19-31(9)20-18-28-26(8)29(33-34)24(6)25(7)30(28)32-31/h13,15-16,27H,10-12,14,17-20,34H2,1-9H3/b22-16+,23-15+/t27?,31-/m1/s1. The van der Waals surface area contributed by atoms with Gasteiger partial charge in [-0.2, -0.15) is 0 Å². The summed E-state index contributed by atoms with van der Waals surface area (Å²) in [6.45, 7) is 20.0. The number of fused-ring (bicyclic) bond motifs is 1. The third-order valence-corrected chi connectivity index (χ3v) is 8.04. The van der Waals surface area contributed by atoms with E-state index >= 15 is 0 Å². The number of hydrogen-bond acceptors (Lipinski definition) is 2. The van der Waals surface area contributed by atoms with Gasteiger partial charge in [0.1, 0.15) is 17.1 Å². The molecule has 1 aliphatic rings. The molecule has 0 bridgehead atoms. The lowest BCUT2D eigenvalue weighted by Crippen LogP contribution is -2.37. The van der Waals surface area contributed by atoms with Crippen molar-refractivity contribution in [1.82, 2.24) is 0 Å². The van der Waals surface area contributed by atoms with Gasteiger partial charge in [-0.25, -0.2) is 0 Å². The zero-order chi connectivity index (χ0) is 25.5. The average molecular weight is 485 g/mol. The molecule has 2 nitrogen and oxygen atoms in total. The van der Waals surface area contributed by atoms with Gasteiger partial charge in [0.2, 0.25) is 0 Å². The first kappa shape index (κ1) is 28.7. The fourth-order valence-corrected chi connectivity index (χ4v) is 5.47. The quantitative estimate of drug-likeness (QED) is 0.230. The van der Waals surface area contributed by atoms with Gasteiger partial charge in [0.05, 0.1) is 9.47 Å². The summed E-state index contributed by atoms with van der Waals surface area (Å²) in [4.78, 5) is 0. The summed E-state index contributed by atoms with van der Waals surface area (Å²) in [6.07, 6.45) is 16.2. The minimum absolute atomic E-state index is 0.111. The lowest BCUT2D eigenvalue weighted by molar-refractivity contribution is 0.0559. The van der Waals surface area contributed by atoms with Crippen LogP contribution in [0.3, 0.4) is 0 Å². The number of hydrogen-bond donors (Lipinski definition) is 0. The van der Waals surface area contributed by atoms with Crippen LogP contribution in [0.4, 0.5) is 0 Å². The molecule has 0 saturated carbocycles. The van der Waals surface area contributed by atoms with Gasteiger partial charge in [-0.15, -0.1) is 0 Å². The van der Waals surface area contributed by atoms with Gasteiger partial charge in [-0.05, 0) is 129 Å². The van der Waals surface area contributed by atoms with Crippen molar-refractivity contribution in [2.75, 3.05) is 0 Å². The van der Waals surface area contributed by atoms with Crippen molar-refractivity contribution in [3.05, 3.63) is 57.2 Å². The Labute approximate surface area is 212 Å². The Balaban J connectivity index is 2.01. The normalized spacial score (nSPS) is 19.4. The zero-order valence-corrected chi connectivity index (χ0v) is 24.5. The van der Waals surface area contributed by atoms with Gasteiger partial charge in [0, 0.05) is 5.56 Å². The SMILES string of the molecule is CCC(C/C=C(\C)CCC=C(C)C)/C(C)=C/CC[C@]1(C)CCc2c(C)c(OP)c(C)c(C)c2O1. The van der Waals surface area contributed by atoms with E-state index in [0.717, 1.165) is 50.0 Å². The predicted molar refractivity (Wildman–Crippen MR) is 152 cm³/mol. The Morgan fingerprint density at radius 2 is 1.74 bits per heavy atom. The molecular weight excluding hydrogens is 435 g/mol. The Morgan fingerprint density at radius 3 is 2.35 bits per heavy atom. The zero-order valence-electron chi connectivity index (χ0n) is 23.4. The van der Waals surface area contributed by atoms with E-state index in [1.165, 1.54) is 51.8 Å². The fourth-order valence-electron chi connectivity index (χ4n) is 5.11. The van der Waals surface area contributed by atoms with Crippen LogP contribution < -0.4 is 9.26 Å². The number of rotatable bonds is 11. The van der Waals surface area contributed by atoms with Crippen molar-refractivity contribution < 1.29 is 9.26 Å². The highest BCUT2D eigenvalue weighted by Crippen LogP contribution is 2.45. The predicted octanol–water partition coefficient (Wildman–Crippen LogP) is 9.70. The first-order chi connectivity index (χ1) is 16.0. The average Bonchev–Trinajstić information content (AvgIpc) is 2.78. The summed E-state index contributed by atoms with van der Waals surface area (Å²) < 4.78 is 12.3. The monoisotopic (exact) mass is 484 g/mol. The van der Waals surface area contributed by atoms with Crippen molar-refractivity contribution in [2.24, 2.45) is 5.92 Å². The second-order valence-corrected chi connectivity index (χ2v) is 11.1. The minimum atomic E-state index is -0.111. The molecule has 0 N–H and O–H groups in total. The van der Waals surface area contributed by atoms with Crippen LogP contribution in [0.5, 0.6) is 11.5 Å². The molecule has 0 spiro atoms. The molecule has 0 amide bonds. The molecule has 0 saturated heterocycles. The van der Waals surface area contributed by atoms with Crippen molar-refractivity contribution in [2.45, 2.75) is 119 Å². The van der Waals surface area contributed by atoms with Crippen LogP contribution >= 0.6 is 9.47 Å². The smallest absolute Gasteiger partial charge is 0.129 e. The maximum atomic E-state index is 6.71. The van der Waals surface area contributed by atoms with Gasteiger partial charge in [-0.1, -0.05) is 41.9 Å². The molecule has 0 aromatic heterocycles. The van der Waals surface area contributed by atoms with Crippen molar-refractivity contribution >= 4 is 9.47 Å². The molecule has 0 fully saturated rings. The summed E-state index contributed by atoms with van der Waals surface area (Å²) in [7, 11) is 2.40. The summed E-state index contributed by atoms with van der Waals surface area (Å²) in [6, 6.07) is 0. The van der Waals surface area contributed by atoms with Crippen LogP contribution in [0.25, 0.3) is 0 Å². The van der Waals surface area contributed by atoms with E-state index in [2.05, 4.69) is 90.0 Å². The van der Waals surface area contributed by atoms with Crippen LogP contribution in [0.2, 0.25) is 0 Å². The molecule has 3 atom stereocenters. The largest absolute Gasteiger partial charge is 0.487 e. The Hall–Kier alpha value is -1.53. The van der Waals surface area contributed by atoms with Gasteiger partial charge in [-0.3, -0.25) is 0 Å². The van der Waals surface area contributed by atoms with Gasteiger partial charge in [0.15, 0.2) is 0 Å². The third-order valence-electron chi connectivity index (χ3n) is 7.80. The molecule has 1 aromatic rings. The van der Waals surface area contributed by atoms with E-state index in [0.29, 0.717) is 5.92 Å². The second-order valence-electron chi connectivity index (χ2n) is 10.9. The highest BCUT2D eigenvalue weighted by molar-refractivity contribution is 7.10. The van der Waals surface area contributed by atoms with Crippen LogP contribution in [0.1, 0.15) is 109 Å². The number of ether oxygens (including phenoxy) is 1. The highest BCUT2D eigenvalue weighted by atomic mass is 31.0. The van der Waals surface area contributed by atoms with Crippen LogP contribution in [-0.2, 0) is 6.42 Å². The topological polar surface area (TPSA) is 18.5 Å². The molecule has 2 unspecified atom stereocenters. The molecule has 1 aromatic carbocycles. The van der Waals surface area contributed by atoms with E-state index < -0.39 is 0 Å². The Kier molecular flexibility index (Phi) is 10.9. The maximum absolute atomic E-state index is 6.71. The maximum Gasteiger partial charge on any atom is 0.129 e. The summed E-state index contributed by atoms with van der Waals surface area (Å²) in [5, 5.41) is 0. The molecule has 2 rings (SSSR count). The van der Waals surface area contributed by atoms with Crippen molar-refractivity contribution in [3.8, 4) is 11.5 Å². The Morgan fingerprint density at radius 1 is 1.03 bits per heavy atom. The lowest BCUT2D eigenvalue weighted by atomic mass is 9.84. The van der Waals surface area contributed by atoms with Crippen LogP contribution in [0, 0.1) is 26.7 Å². The Bertz CT molecular complexity index is 933. The third kappa shape index (κ3) is 7.48. The van der Waals surface area contributed by atoms with E-state index in [4.69, 9.17) is 9.26 Å². The molecule has 0 aliphatic carbocycles. The first-order valence-corrected chi connectivity index (χ1v) is 13.6. The number of allylic oxidation sites excluding steroid dienone is 6. The fraction of sp³-hybridized carbons (Fsp3) is 0.613. The van der Waals surface area contributed by atoms with E-state index in [9.17, 15) is 0 Å². The molecular formula is C31H49O2P.